The SMILES string of the molecule is COc1cc(O)cc(O)c1C1COc2c(ccc3c2CCC(C)(C)O3)C1. The molecule has 0 saturated carbocycles. The van der Waals surface area contributed by atoms with E-state index in [9.17, 15) is 10.2 Å². The fourth-order valence-corrected chi connectivity index (χ4v) is 3.98. The number of benzene rings is 2. The number of fused-ring (bicyclic) bond motifs is 3. The largest absolute Gasteiger partial charge is 0.508 e. The molecule has 0 aliphatic carbocycles. The van der Waals surface area contributed by atoms with Gasteiger partial charge in [-0.3, -0.25) is 0 Å². The van der Waals surface area contributed by atoms with E-state index >= 15 is 0 Å². The second kappa shape index (κ2) is 6.01. The van der Waals surface area contributed by atoms with E-state index in [1.54, 1.807) is 0 Å². The molecule has 1 atom stereocenters. The van der Waals surface area contributed by atoms with Gasteiger partial charge in [-0.2, -0.15) is 0 Å². The van der Waals surface area contributed by atoms with E-state index in [1.165, 1.54) is 19.2 Å². The van der Waals surface area contributed by atoms with Crippen LogP contribution in [-0.4, -0.2) is 29.5 Å². The van der Waals surface area contributed by atoms with Crippen molar-refractivity contribution in [3.8, 4) is 28.7 Å². The van der Waals surface area contributed by atoms with Gasteiger partial charge in [0, 0.05) is 29.2 Å². The highest BCUT2D eigenvalue weighted by Crippen LogP contribution is 2.46. The summed E-state index contributed by atoms with van der Waals surface area (Å²) >= 11 is 0. The quantitative estimate of drug-likeness (QED) is 0.853. The summed E-state index contributed by atoms with van der Waals surface area (Å²) in [6, 6.07) is 6.93. The van der Waals surface area contributed by atoms with E-state index in [4.69, 9.17) is 14.2 Å². The molecule has 2 heterocycles. The molecule has 138 valence electrons. The molecule has 0 amide bonds. The first-order chi connectivity index (χ1) is 12.4. The highest BCUT2D eigenvalue weighted by atomic mass is 16.5. The molecular formula is C21H24O5. The Morgan fingerprint density at radius 3 is 2.77 bits per heavy atom. The number of ether oxygens (including phenoxy) is 3. The maximum Gasteiger partial charge on any atom is 0.129 e. The molecule has 2 aromatic rings. The molecule has 2 aliphatic rings. The van der Waals surface area contributed by atoms with Crippen LogP contribution in [0, 0.1) is 0 Å². The summed E-state index contributed by atoms with van der Waals surface area (Å²) in [5.74, 6) is 2.27. The van der Waals surface area contributed by atoms with Crippen LogP contribution in [0.3, 0.4) is 0 Å². The van der Waals surface area contributed by atoms with Crippen LogP contribution < -0.4 is 14.2 Å². The normalized spacial score (nSPS) is 20.3. The Morgan fingerprint density at radius 2 is 2.00 bits per heavy atom. The van der Waals surface area contributed by atoms with Crippen molar-refractivity contribution in [1.82, 2.24) is 0 Å². The molecular weight excluding hydrogens is 332 g/mol. The van der Waals surface area contributed by atoms with Crippen molar-refractivity contribution >= 4 is 0 Å². The molecule has 2 aromatic carbocycles. The zero-order valence-electron chi connectivity index (χ0n) is 15.3. The number of phenols is 2. The Morgan fingerprint density at radius 1 is 1.19 bits per heavy atom. The zero-order valence-corrected chi connectivity index (χ0v) is 15.3. The van der Waals surface area contributed by atoms with E-state index in [2.05, 4.69) is 13.8 Å². The monoisotopic (exact) mass is 356 g/mol. The summed E-state index contributed by atoms with van der Waals surface area (Å²) in [4.78, 5) is 0. The third-order valence-corrected chi connectivity index (χ3v) is 5.29. The fourth-order valence-electron chi connectivity index (χ4n) is 3.98. The second-order valence-electron chi connectivity index (χ2n) is 7.69. The van der Waals surface area contributed by atoms with Crippen LogP contribution in [-0.2, 0) is 12.8 Å². The minimum Gasteiger partial charge on any atom is -0.508 e. The highest BCUT2D eigenvalue weighted by Gasteiger charge is 2.33. The van der Waals surface area contributed by atoms with Gasteiger partial charge in [-0.1, -0.05) is 6.07 Å². The van der Waals surface area contributed by atoms with Crippen molar-refractivity contribution in [1.29, 1.82) is 0 Å². The Hall–Kier alpha value is -2.56. The minimum atomic E-state index is -0.149. The fraction of sp³-hybridized carbons (Fsp3) is 0.429. The van der Waals surface area contributed by atoms with Gasteiger partial charge in [0.15, 0.2) is 0 Å². The Balaban J connectivity index is 1.68. The van der Waals surface area contributed by atoms with Crippen LogP contribution in [0.25, 0.3) is 0 Å². The molecule has 5 nitrogen and oxygen atoms in total. The first kappa shape index (κ1) is 16.9. The summed E-state index contributed by atoms with van der Waals surface area (Å²) in [6.45, 7) is 4.65. The highest BCUT2D eigenvalue weighted by molar-refractivity contribution is 5.56. The van der Waals surface area contributed by atoms with Gasteiger partial charge >= 0.3 is 0 Å². The first-order valence-electron chi connectivity index (χ1n) is 8.94. The second-order valence-corrected chi connectivity index (χ2v) is 7.69. The first-order valence-corrected chi connectivity index (χ1v) is 8.94. The van der Waals surface area contributed by atoms with Gasteiger partial charge in [0.2, 0.25) is 0 Å². The molecule has 0 spiro atoms. The van der Waals surface area contributed by atoms with Gasteiger partial charge in [0.1, 0.15) is 34.3 Å². The molecule has 2 aliphatic heterocycles. The maximum absolute atomic E-state index is 10.3. The lowest BCUT2D eigenvalue weighted by molar-refractivity contribution is 0.0826. The standard InChI is InChI=1S/C21H24O5/c1-21(2)7-6-15-17(26-21)5-4-12-8-13(11-25-20(12)15)19-16(23)9-14(22)10-18(19)24-3/h4-5,9-10,13,22-23H,6-8,11H2,1-3H3. The molecule has 0 fully saturated rings. The van der Waals surface area contributed by atoms with E-state index in [0.717, 1.165) is 41.9 Å². The Kier molecular flexibility index (Phi) is 3.90. The number of aromatic hydroxyl groups is 2. The van der Waals surface area contributed by atoms with E-state index in [-0.39, 0.29) is 23.0 Å². The van der Waals surface area contributed by atoms with Gasteiger partial charge in [0.05, 0.1) is 13.7 Å². The average Bonchev–Trinajstić information content (AvgIpc) is 2.59. The van der Waals surface area contributed by atoms with Crippen LogP contribution in [0.4, 0.5) is 0 Å². The van der Waals surface area contributed by atoms with Gasteiger partial charge in [-0.05, 0) is 44.7 Å². The number of hydrogen-bond donors (Lipinski definition) is 2. The summed E-state index contributed by atoms with van der Waals surface area (Å²) in [7, 11) is 1.53. The van der Waals surface area contributed by atoms with Crippen molar-refractivity contribution in [2.75, 3.05) is 13.7 Å². The summed E-state index contributed by atoms with van der Waals surface area (Å²) < 4.78 is 17.6. The number of phenolic OH excluding ortho intramolecular Hbond substituents is 2. The molecule has 0 saturated heterocycles. The lowest BCUT2D eigenvalue weighted by atomic mass is 9.86. The van der Waals surface area contributed by atoms with E-state index in [0.29, 0.717) is 17.9 Å². The van der Waals surface area contributed by atoms with Crippen molar-refractivity contribution in [2.45, 2.75) is 44.6 Å². The van der Waals surface area contributed by atoms with E-state index in [1.807, 2.05) is 12.1 Å². The van der Waals surface area contributed by atoms with Crippen molar-refractivity contribution in [2.24, 2.45) is 0 Å². The van der Waals surface area contributed by atoms with E-state index < -0.39 is 0 Å². The molecule has 1 unspecified atom stereocenters. The third kappa shape index (κ3) is 2.81. The topological polar surface area (TPSA) is 68.2 Å². The molecule has 0 aromatic heterocycles. The smallest absolute Gasteiger partial charge is 0.129 e. The minimum absolute atomic E-state index is 0.0194. The van der Waals surface area contributed by atoms with Crippen LogP contribution in [0.5, 0.6) is 28.7 Å². The van der Waals surface area contributed by atoms with Crippen LogP contribution in [0.15, 0.2) is 24.3 Å². The van der Waals surface area contributed by atoms with Crippen molar-refractivity contribution in [3.63, 3.8) is 0 Å². The Labute approximate surface area is 153 Å². The van der Waals surface area contributed by atoms with Crippen molar-refractivity contribution < 1.29 is 24.4 Å². The lowest BCUT2D eigenvalue weighted by Gasteiger charge is -2.36. The number of rotatable bonds is 2. The summed E-state index contributed by atoms with van der Waals surface area (Å²) in [5.41, 5.74) is 2.77. The lowest BCUT2D eigenvalue weighted by Crippen LogP contribution is -2.33. The predicted octanol–water partition coefficient (Wildman–Crippen LogP) is 3.93. The number of hydrogen-bond acceptors (Lipinski definition) is 5. The van der Waals surface area contributed by atoms with Gasteiger partial charge in [-0.25, -0.2) is 0 Å². The number of methoxy groups -OCH3 is 1. The zero-order chi connectivity index (χ0) is 18.5. The maximum atomic E-state index is 10.3. The Bertz CT molecular complexity index is 856. The molecule has 26 heavy (non-hydrogen) atoms. The molecule has 5 heteroatoms. The molecule has 4 rings (SSSR count). The van der Waals surface area contributed by atoms with Gasteiger partial charge < -0.3 is 24.4 Å². The molecule has 0 radical (unpaired) electrons. The van der Waals surface area contributed by atoms with Crippen molar-refractivity contribution in [3.05, 3.63) is 41.0 Å². The van der Waals surface area contributed by atoms with Gasteiger partial charge in [0.25, 0.3) is 0 Å². The predicted molar refractivity (Wildman–Crippen MR) is 97.7 cm³/mol. The van der Waals surface area contributed by atoms with Crippen LogP contribution in [0.2, 0.25) is 0 Å². The molecule has 2 N–H and O–H groups in total. The van der Waals surface area contributed by atoms with Crippen LogP contribution >= 0.6 is 0 Å². The van der Waals surface area contributed by atoms with Gasteiger partial charge in [-0.15, -0.1) is 0 Å². The molecule has 0 bridgehead atoms. The van der Waals surface area contributed by atoms with Crippen LogP contribution in [0.1, 0.15) is 42.9 Å². The summed E-state index contributed by atoms with van der Waals surface area (Å²) in [6.07, 6.45) is 2.63. The summed E-state index contributed by atoms with van der Waals surface area (Å²) in [5, 5.41) is 20.0. The average molecular weight is 356 g/mol. The third-order valence-electron chi connectivity index (χ3n) is 5.29.